The molecule has 4 heterocycles. The second-order valence-corrected chi connectivity index (χ2v) is 8.30. The van der Waals surface area contributed by atoms with Gasteiger partial charge in [-0.25, -0.2) is 19.3 Å². The molecule has 154 valence electrons. The van der Waals surface area contributed by atoms with Gasteiger partial charge >= 0.3 is 0 Å². The molecule has 3 aromatic heterocycles. The van der Waals surface area contributed by atoms with E-state index < -0.39 is 11.4 Å². The molecule has 1 aliphatic rings. The Labute approximate surface area is 173 Å². The Hall–Kier alpha value is -2.29. The zero-order chi connectivity index (χ0) is 20.8. The zero-order valence-electron chi connectivity index (χ0n) is 16.6. The molecular weight excluding hydrogens is 395 g/mol. The smallest absolute Gasteiger partial charge is 0.177 e. The summed E-state index contributed by atoms with van der Waals surface area (Å²) in [5, 5.41) is 14.5. The van der Waals surface area contributed by atoms with Crippen molar-refractivity contribution in [3.05, 3.63) is 41.6 Å². The van der Waals surface area contributed by atoms with E-state index in [9.17, 15) is 9.50 Å². The van der Waals surface area contributed by atoms with Gasteiger partial charge in [-0.05, 0) is 25.0 Å². The van der Waals surface area contributed by atoms with Crippen molar-refractivity contribution in [2.24, 2.45) is 5.92 Å². The summed E-state index contributed by atoms with van der Waals surface area (Å²) < 4.78 is 16.3. The number of hydrogen-bond acceptors (Lipinski definition) is 6. The minimum absolute atomic E-state index is 0.0666. The van der Waals surface area contributed by atoms with E-state index >= 15 is 0 Å². The predicted octanol–water partition coefficient (Wildman–Crippen LogP) is 2.79. The van der Waals surface area contributed by atoms with E-state index in [2.05, 4.69) is 20.3 Å². The largest absolute Gasteiger partial charge is 0.388 e. The highest BCUT2D eigenvalue weighted by atomic mass is 35.5. The summed E-state index contributed by atoms with van der Waals surface area (Å²) in [4.78, 5) is 14.9. The summed E-state index contributed by atoms with van der Waals surface area (Å²) in [6.45, 7) is 7.62. The van der Waals surface area contributed by atoms with E-state index in [1.165, 1.54) is 12.4 Å². The fraction of sp³-hybridized carbons (Fsp3) is 0.450. The number of nitrogens with one attached hydrogen (secondary N) is 1. The molecule has 9 heteroatoms. The van der Waals surface area contributed by atoms with Crippen LogP contribution in [0, 0.1) is 11.7 Å². The molecular formula is C20H24ClFN6O. The summed E-state index contributed by atoms with van der Waals surface area (Å²) in [7, 11) is 0. The van der Waals surface area contributed by atoms with Gasteiger partial charge in [0.2, 0.25) is 0 Å². The number of aliphatic hydroxyl groups is 1. The first-order valence-electron chi connectivity index (χ1n) is 9.64. The van der Waals surface area contributed by atoms with Crippen LogP contribution in [-0.2, 0) is 0 Å². The maximum absolute atomic E-state index is 14.8. The summed E-state index contributed by atoms with van der Waals surface area (Å²) in [6, 6.07) is 4.69. The van der Waals surface area contributed by atoms with E-state index in [0.29, 0.717) is 36.6 Å². The molecule has 0 spiro atoms. The molecule has 2 N–H and O–H groups in total. The van der Waals surface area contributed by atoms with E-state index in [1.807, 2.05) is 31.7 Å². The maximum Gasteiger partial charge on any atom is 0.177 e. The van der Waals surface area contributed by atoms with Crippen molar-refractivity contribution >= 4 is 28.6 Å². The molecule has 1 unspecified atom stereocenters. The Morgan fingerprint density at radius 3 is 2.90 bits per heavy atom. The predicted molar refractivity (Wildman–Crippen MR) is 111 cm³/mol. The topological polar surface area (TPSA) is 79.1 Å². The number of fused-ring (bicyclic) bond motifs is 1. The third-order valence-corrected chi connectivity index (χ3v) is 6.07. The third kappa shape index (κ3) is 3.56. The van der Waals surface area contributed by atoms with Gasteiger partial charge < -0.3 is 15.3 Å². The number of rotatable bonds is 4. The molecule has 0 aromatic carbocycles. The van der Waals surface area contributed by atoms with Crippen molar-refractivity contribution < 1.29 is 9.50 Å². The summed E-state index contributed by atoms with van der Waals surface area (Å²) in [5.74, 6) is 0.130. The Balaban J connectivity index is 1.73. The van der Waals surface area contributed by atoms with Gasteiger partial charge in [-0.3, -0.25) is 4.57 Å². The quantitative estimate of drug-likeness (QED) is 0.678. The molecule has 0 bridgehead atoms. The average Bonchev–Trinajstić information content (AvgIpc) is 3.12. The molecule has 1 aliphatic heterocycles. The summed E-state index contributed by atoms with van der Waals surface area (Å²) in [6.07, 6.45) is 3.14. The standard InChI is InChI=1S/C20H24ClFN6O/c1-12(2)20(3,29)16-10-27(8-7-23-16)18-13(21)9-14(22)19(26-18)28-11-25-17-15(28)5-4-6-24-17/h4-6,9,11-12,16,23,29H,7-8,10H2,1-3H3/t16?,20-/m1/s1. The van der Waals surface area contributed by atoms with Crippen LogP contribution < -0.4 is 10.2 Å². The van der Waals surface area contributed by atoms with Gasteiger partial charge in [-0.15, -0.1) is 0 Å². The molecule has 29 heavy (non-hydrogen) atoms. The number of hydrogen-bond donors (Lipinski definition) is 2. The lowest BCUT2D eigenvalue weighted by molar-refractivity contribution is -0.0231. The van der Waals surface area contributed by atoms with Gasteiger partial charge in [0.15, 0.2) is 17.3 Å². The second kappa shape index (κ2) is 7.51. The number of nitrogens with zero attached hydrogens (tertiary/aromatic N) is 5. The van der Waals surface area contributed by atoms with Crippen molar-refractivity contribution in [3.8, 4) is 5.82 Å². The molecule has 1 saturated heterocycles. The monoisotopic (exact) mass is 418 g/mol. The molecule has 7 nitrogen and oxygen atoms in total. The van der Waals surface area contributed by atoms with Gasteiger partial charge in [-0.1, -0.05) is 25.4 Å². The Kier molecular flexibility index (Phi) is 5.18. The second-order valence-electron chi connectivity index (χ2n) is 7.89. The lowest BCUT2D eigenvalue weighted by atomic mass is 9.84. The number of halogens is 2. The Morgan fingerprint density at radius 1 is 1.34 bits per heavy atom. The zero-order valence-corrected chi connectivity index (χ0v) is 17.4. The maximum atomic E-state index is 14.8. The van der Waals surface area contributed by atoms with Crippen LogP contribution in [0.5, 0.6) is 0 Å². The molecule has 0 radical (unpaired) electrons. The molecule has 2 atom stereocenters. The normalized spacial score (nSPS) is 19.7. The average molecular weight is 419 g/mol. The number of piperazine rings is 1. The molecule has 0 saturated carbocycles. The first-order chi connectivity index (χ1) is 13.8. The fourth-order valence-electron chi connectivity index (χ4n) is 3.59. The van der Waals surface area contributed by atoms with Gasteiger partial charge in [-0.2, -0.15) is 0 Å². The van der Waals surface area contributed by atoms with Crippen molar-refractivity contribution in [2.45, 2.75) is 32.4 Å². The van der Waals surface area contributed by atoms with Gasteiger partial charge in [0, 0.05) is 31.9 Å². The molecule has 4 rings (SSSR count). The highest BCUT2D eigenvalue weighted by molar-refractivity contribution is 6.33. The van der Waals surface area contributed by atoms with Crippen LogP contribution in [0.3, 0.4) is 0 Å². The van der Waals surface area contributed by atoms with E-state index in [0.717, 1.165) is 0 Å². The Bertz CT molecular complexity index is 1040. The van der Waals surface area contributed by atoms with Crippen LogP contribution in [0.4, 0.5) is 10.2 Å². The van der Waals surface area contributed by atoms with Crippen LogP contribution in [-0.4, -0.2) is 55.9 Å². The minimum Gasteiger partial charge on any atom is -0.388 e. The van der Waals surface area contributed by atoms with Crippen molar-refractivity contribution in [1.29, 1.82) is 0 Å². The van der Waals surface area contributed by atoms with Gasteiger partial charge in [0.1, 0.15) is 12.1 Å². The summed E-state index contributed by atoms with van der Waals surface area (Å²) >= 11 is 6.37. The molecule has 1 fully saturated rings. The number of aromatic nitrogens is 4. The van der Waals surface area contributed by atoms with E-state index in [4.69, 9.17) is 11.6 Å². The molecule has 3 aromatic rings. The number of anilines is 1. The third-order valence-electron chi connectivity index (χ3n) is 5.79. The highest BCUT2D eigenvalue weighted by Gasteiger charge is 2.38. The van der Waals surface area contributed by atoms with Crippen molar-refractivity contribution in [2.75, 3.05) is 24.5 Å². The number of pyridine rings is 2. The molecule has 0 amide bonds. The van der Waals surface area contributed by atoms with Crippen molar-refractivity contribution in [3.63, 3.8) is 0 Å². The van der Waals surface area contributed by atoms with Crippen LogP contribution in [0.15, 0.2) is 30.7 Å². The van der Waals surface area contributed by atoms with Crippen molar-refractivity contribution in [1.82, 2.24) is 24.8 Å². The molecule has 0 aliphatic carbocycles. The van der Waals surface area contributed by atoms with Gasteiger partial charge in [0.25, 0.3) is 0 Å². The Morgan fingerprint density at radius 2 is 2.14 bits per heavy atom. The van der Waals surface area contributed by atoms with E-state index in [1.54, 1.807) is 16.8 Å². The van der Waals surface area contributed by atoms with E-state index in [-0.39, 0.29) is 22.8 Å². The highest BCUT2D eigenvalue weighted by Crippen LogP contribution is 2.31. The van der Waals surface area contributed by atoms with Crippen LogP contribution >= 0.6 is 11.6 Å². The lowest BCUT2D eigenvalue weighted by Gasteiger charge is -2.43. The van der Waals surface area contributed by atoms with Crippen LogP contribution in [0.1, 0.15) is 20.8 Å². The SMILES string of the molecule is CC(C)[C@@](C)(O)C1CN(c2nc(-n3cnc4ncccc43)c(F)cc2Cl)CCN1. The fourth-order valence-corrected chi connectivity index (χ4v) is 3.85. The minimum atomic E-state index is -0.903. The first-order valence-corrected chi connectivity index (χ1v) is 10.0. The van der Waals surface area contributed by atoms with Crippen LogP contribution in [0.2, 0.25) is 5.02 Å². The van der Waals surface area contributed by atoms with Crippen LogP contribution in [0.25, 0.3) is 17.0 Å². The first kappa shape index (κ1) is 20.0. The van der Waals surface area contributed by atoms with Gasteiger partial charge in [0.05, 0.1) is 22.2 Å². The summed E-state index contributed by atoms with van der Waals surface area (Å²) in [5.41, 5.74) is 0.272. The number of imidazole rings is 1. The lowest BCUT2D eigenvalue weighted by Crippen LogP contribution is -2.62.